The van der Waals surface area contributed by atoms with Crippen LogP contribution in [-0.2, 0) is 4.43 Å². The molecule has 120 valence electrons. The molecule has 0 spiro atoms. The van der Waals surface area contributed by atoms with E-state index in [4.69, 9.17) is 13.6 Å². The molecule has 0 aliphatic carbocycles. The lowest BCUT2D eigenvalue weighted by atomic mass is 10.2. The first-order valence-corrected chi connectivity index (χ1v) is 10.4. The Labute approximate surface area is 128 Å². The molecule has 0 aliphatic heterocycles. The maximum Gasteiger partial charge on any atom is 0.339 e. The standard InChI is InChI=1S/C16H28O4Si/c1-8-13(11-18-21(6,7)16(3,4)5)20-14-9-12(2)19-15(17)10-14/h9-10,13H,8,11H2,1-7H3. The summed E-state index contributed by atoms with van der Waals surface area (Å²) in [5.74, 6) is 1.10. The number of aryl methyl sites for hydroxylation is 1. The average molecular weight is 312 g/mol. The summed E-state index contributed by atoms with van der Waals surface area (Å²) < 4.78 is 17.0. The lowest BCUT2D eigenvalue weighted by Crippen LogP contribution is -2.43. The van der Waals surface area contributed by atoms with Crippen LogP contribution in [0.25, 0.3) is 0 Å². The minimum absolute atomic E-state index is 0.0553. The van der Waals surface area contributed by atoms with E-state index in [1.165, 1.54) is 6.07 Å². The Hall–Kier alpha value is -1.07. The summed E-state index contributed by atoms with van der Waals surface area (Å²) in [4.78, 5) is 11.4. The zero-order chi connectivity index (χ0) is 16.3. The first kappa shape index (κ1) is 18.0. The molecule has 1 aromatic heterocycles. The van der Waals surface area contributed by atoms with Gasteiger partial charge in [0.25, 0.3) is 0 Å². The van der Waals surface area contributed by atoms with Gasteiger partial charge in [-0.05, 0) is 31.5 Å². The molecule has 0 saturated carbocycles. The maximum absolute atomic E-state index is 11.4. The Morgan fingerprint density at radius 3 is 2.38 bits per heavy atom. The summed E-state index contributed by atoms with van der Waals surface area (Å²) in [5.41, 5.74) is -0.384. The van der Waals surface area contributed by atoms with Gasteiger partial charge < -0.3 is 13.6 Å². The van der Waals surface area contributed by atoms with E-state index in [1.807, 2.05) is 0 Å². The van der Waals surface area contributed by atoms with Gasteiger partial charge in [0.15, 0.2) is 8.32 Å². The van der Waals surface area contributed by atoms with Crippen molar-refractivity contribution < 1.29 is 13.6 Å². The molecule has 1 heterocycles. The highest BCUT2D eigenvalue weighted by molar-refractivity contribution is 6.74. The van der Waals surface area contributed by atoms with E-state index in [0.29, 0.717) is 18.1 Å². The van der Waals surface area contributed by atoms with Crippen molar-refractivity contribution in [2.45, 2.75) is 65.3 Å². The third kappa shape index (κ3) is 5.32. The van der Waals surface area contributed by atoms with Gasteiger partial charge in [0.2, 0.25) is 0 Å². The SMILES string of the molecule is CCC(CO[Si](C)(C)C(C)(C)C)Oc1cc(C)oc(=O)c1. The van der Waals surface area contributed by atoms with Crippen LogP contribution in [0.1, 0.15) is 39.9 Å². The van der Waals surface area contributed by atoms with Crippen LogP contribution >= 0.6 is 0 Å². The van der Waals surface area contributed by atoms with E-state index in [9.17, 15) is 4.79 Å². The first-order valence-electron chi connectivity index (χ1n) is 7.47. The third-order valence-corrected chi connectivity index (χ3v) is 8.56. The van der Waals surface area contributed by atoms with Crippen LogP contribution in [0.3, 0.4) is 0 Å². The van der Waals surface area contributed by atoms with E-state index in [2.05, 4.69) is 40.8 Å². The number of ether oxygens (including phenoxy) is 1. The Morgan fingerprint density at radius 1 is 1.29 bits per heavy atom. The molecule has 21 heavy (non-hydrogen) atoms. The molecule has 0 aliphatic rings. The Kier molecular flexibility index (Phi) is 5.81. The first-order chi connectivity index (χ1) is 9.55. The lowest BCUT2D eigenvalue weighted by Gasteiger charge is -2.37. The zero-order valence-corrected chi connectivity index (χ0v) is 15.3. The van der Waals surface area contributed by atoms with E-state index in [1.54, 1.807) is 13.0 Å². The molecule has 0 aromatic carbocycles. The monoisotopic (exact) mass is 312 g/mol. The minimum Gasteiger partial charge on any atom is -0.488 e. The summed E-state index contributed by atoms with van der Waals surface area (Å²) >= 11 is 0. The fourth-order valence-corrected chi connectivity index (χ4v) is 2.62. The normalized spacial score (nSPS) is 14.0. The van der Waals surface area contributed by atoms with Crippen LogP contribution in [0.4, 0.5) is 0 Å². The molecule has 4 nitrogen and oxygen atoms in total. The van der Waals surface area contributed by atoms with Crippen molar-refractivity contribution in [1.29, 1.82) is 0 Å². The molecule has 0 fully saturated rings. The van der Waals surface area contributed by atoms with Crippen LogP contribution in [0.2, 0.25) is 18.1 Å². The van der Waals surface area contributed by atoms with Crippen molar-refractivity contribution in [1.82, 2.24) is 0 Å². The van der Waals surface area contributed by atoms with Gasteiger partial charge in [-0.15, -0.1) is 0 Å². The average Bonchev–Trinajstić information content (AvgIpc) is 2.31. The molecule has 5 heteroatoms. The Bertz CT molecular complexity index is 514. The van der Waals surface area contributed by atoms with Crippen LogP contribution in [0, 0.1) is 6.92 Å². The molecule has 0 saturated heterocycles. The summed E-state index contributed by atoms with van der Waals surface area (Å²) in [6, 6.07) is 3.11. The van der Waals surface area contributed by atoms with Gasteiger partial charge in [-0.1, -0.05) is 27.7 Å². The zero-order valence-electron chi connectivity index (χ0n) is 14.3. The molecular weight excluding hydrogens is 284 g/mol. The second-order valence-electron chi connectivity index (χ2n) is 6.94. The van der Waals surface area contributed by atoms with Crippen molar-refractivity contribution in [2.75, 3.05) is 6.61 Å². The molecule has 1 atom stereocenters. The van der Waals surface area contributed by atoms with Crippen LogP contribution < -0.4 is 10.4 Å². The predicted molar refractivity (Wildman–Crippen MR) is 87.6 cm³/mol. The molecule has 0 bridgehead atoms. The van der Waals surface area contributed by atoms with Crippen molar-refractivity contribution >= 4 is 8.32 Å². The molecule has 0 N–H and O–H groups in total. The number of rotatable bonds is 6. The van der Waals surface area contributed by atoms with Gasteiger partial charge in [0, 0.05) is 6.07 Å². The Morgan fingerprint density at radius 2 is 1.90 bits per heavy atom. The fourth-order valence-electron chi connectivity index (χ4n) is 1.59. The highest BCUT2D eigenvalue weighted by Crippen LogP contribution is 2.36. The van der Waals surface area contributed by atoms with Crippen LogP contribution in [0.15, 0.2) is 21.3 Å². The topological polar surface area (TPSA) is 48.7 Å². The Balaban J connectivity index is 2.70. The molecule has 0 amide bonds. The van der Waals surface area contributed by atoms with Gasteiger partial charge in [0.05, 0.1) is 12.7 Å². The largest absolute Gasteiger partial charge is 0.488 e. The number of hydrogen-bond acceptors (Lipinski definition) is 4. The smallest absolute Gasteiger partial charge is 0.339 e. The van der Waals surface area contributed by atoms with Gasteiger partial charge in [-0.25, -0.2) is 4.79 Å². The van der Waals surface area contributed by atoms with Gasteiger partial charge in [-0.3, -0.25) is 0 Å². The quantitative estimate of drug-likeness (QED) is 0.741. The van der Waals surface area contributed by atoms with E-state index in [0.717, 1.165) is 6.42 Å². The van der Waals surface area contributed by atoms with Crippen molar-refractivity contribution in [3.05, 3.63) is 28.3 Å². The van der Waals surface area contributed by atoms with Crippen molar-refractivity contribution in [3.63, 3.8) is 0 Å². The predicted octanol–water partition coefficient (Wildman–Crippen LogP) is 4.13. The number of hydrogen-bond donors (Lipinski definition) is 0. The van der Waals surface area contributed by atoms with Gasteiger partial charge >= 0.3 is 5.63 Å². The highest BCUT2D eigenvalue weighted by atomic mass is 28.4. The molecule has 0 radical (unpaired) electrons. The van der Waals surface area contributed by atoms with E-state index in [-0.39, 0.29) is 16.8 Å². The summed E-state index contributed by atoms with van der Waals surface area (Å²) in [5, 5.41) is 0.176. The molecular formula is C16H28O4Si. The minimum atomic E-state index is -1.78. The van der Waals surface area contributed by atoms with Crippen molar-refractivity contribution in [2.24, 2.45) is 0 Å². The highest BCUT2D eigenvalue weighted by Gasteiger charge is 2.37. The van der Waals surface area contributed by atoms with Crippen molar-refractivity contribution in [3.8, 4) is 5.75 Å². The van der Waals surface area contributed by atoms with Gasteiger partial charge in [-0.2, -0.15) is 0 Å². The summed E-state index contributed by atoms with van der Waals surface area (Å²) in [6.07, 6.45) is 0.772. The second-order valence-corrected chi connectivity index (χ2v) is 11.8. The summed E-state index contributed by atoms with van der Waals surface area (Å²) in [7, 11) is -1.78. The maximum atomic E-state index is 11.4. The van der Waals surface area contributed by atoms with Crippen LogP contribution in [-0.4, -0.2) is 21.0 Å². The molecule has 1 aromatic rings. The van der Waals surface area contributed by atoms with E-state index < -0.39 is 8.32 Å². The van der Waals surface area contributed by atoms with Gasteiger partial charge in [0.1, 0.15) is 17.6 Å². The van der Waals surface area contributed by atoms with Crippen LogP contribution in [0.5, 0.6) is 5.75 Å². The van der Waals surface area contributed by atoms with E-state index >= 15 is 0 Å². The molecule has 1 rings (SSSR count). The molecule has 1 unspecified atom stereocenters. The lowest BCUT2D eigenvalue weighted by molar-refractivity contribution is 0.116. The summed E-state index contributed by atoms with van der Waals surface area (Å²) in [6.45, 7) is 15.4. The third-order valence-electron chi connectivity index (χ3n) is 4.06. The second kappa shape index (κ2) is 6.79. The fraction of sp³-hybridized carbons (Fsp3) is 0.688.